The van der Waals surface area contributed by atoms with Crippen LogP contribution in [0.5, 0.6) is 0 Å². The molecule has 148 valence electrons. The van der Waals surface area contributed by atoms with E-state index in [1.54, 1.807) is 0 Å². The summed E-state index contributed by atoms with van der Waals surface area (Å²) in [4.78, 5) is 45.6. The standard InChI is InChI=1S/C18H27N5O3S/c1-4-6-8-22(14(24)10-13-11-27-12(3)20-13)15-16(19)23(9-7-5-2)18(26)21-17(15)25/h11H,4-10,19H2,1-3H3,(H,21,25,26). The molecule has 0 unspecified atom stereocenters. The van der Waals surface area contributed by atoms with Gasteiger partial charge in [0.2, 0.25) is 5.91 Å². The summed E-state index contributed by atoms with van der Waals surface area (Å²) in [6.07, 6.45) is 3.28. The second-order valence-corrected chi connectivity index (χ2v) is 7.49. The lowest BCUT2D eigenvalue weighted by Crippen LogP contribution is -2.42. The van der Waals surface area contributed by atoms with Gasteiger partial charge in [-0.15, -0.1) is 11.3 Å². The number of thiazole rings is 1. The second kappa shape index (κ2) is 9.50. The molecule has 2 heterocycles. The van der Waals surface area contributed by atoms with Crippen LogP contribution in [-0.4, -0.2) is 27.0 Å². The van der Waals surface area contributed by atoms with Crippen LogP contribution >= 0.6 is 11.3 Å². The molecule has 2 aromatic rings. The van der Waals surface area contributed by atoms with Crippen LogP contribution in [-0.2, 0) is 17.8 Å². The largest absolute Gasteiger partial charge is 0.383 e. The van der Waals surface area contributed by atoms with E-state index in [4.69, 9.17) is 5.73 Å². The number of hydrogen-bond donors (Lipinski definition) is 2. The fourth-order valence-electron chi connectivity index (χ4n) is 2.79. The summed E-state index contributed by atoms with van der Waals surface area (Å²) < 4.78 is 1.33. The molecule has 0 aliphatic heterocycles. The van der Waals surface area contributed by atoms with Gasteiger partial charge in [0.15, 0.2) is 5.69 Å². The first-order valence-corrected chi connectivity index (χ1v) is 10.1. The van der Waals surface area contributed by atoms with Gasteiger partial charge < -0.3 is 10.6 Å². The molecule has 0 spiro atoms. The van der Waals surface area contributed by atoms with Crippen LogP contribution in [0.25, 0.3) is 0 Å². The zero-order valence-electron chi connectivity index (χ0n) is 16.1. The molecule has 3 N–H and O–H groups in total. The number of H-pyrrole nitrogens is 1. The summed E-state index contributed by atoms with van der Waals surface area (Å²) in [5, 5.41) is 2.71. The Bertz CT molecular complexity index is 899. The Morgan fingerprint density at radius 1 is 1.30 bits per heavy atom. The number of anilines is 2. The molecule has 0 aliphatic rings. The number of rotatable bonds is 9. The van der Waals surface area contributed by atoms with E-state index in [-0.39, 0.29) is 23.8 Å². The van der Waals surface area contributed by atoms with Gasteiger partial charge in [0, 0.05) is 18.5 Å². The highest BCUT2D eigenvalue weighted by Gasteiger charge is 2.24. The van der Waals surface area contributed by atoms with Gasteiger partial charge in [0.05, 0.1) is 17.1 Å². The summed E-state index contributed by atoms with van der Waals surface area (Å²) in [6, 6.07) is 0. The molecule has 2 rings (SSSR count). The van der Waals surface area contributed by atoms with Crippen molar-refractivity contribution in [2.75, 3.05) is 17.2 Å². The lowest BCUT2D eigenvalue weighted by molar-refractivity contribution is -0.118. The number of aromatic nitrogens is 3. The molecule has 0 aromatic carbocycles. The first kappa shape index (κ1) is 20.9. The molecule has 0 bridgehead atoms. The summed E-state index contributed by atoms with van der Waals surface area (Å²) in [6.45, 7) is 6.63. The van der Waals surface area contributed by atoms with Crippen LogP contribution in [0, 0.1) is 6.92 Å². The molecular weight excluding hydrogens is 366 g/mol. The molecule has 1 amide bonds. The summed E-state index contributed by atoms with van der Waals surface area (Å²) in [5.41, 5.74) is 5.70. The highest BCUT2D eigenvalue weighted by atomic mass is 32.1. The monoisotopic (exact) mass is 393 g/mol. The number of aromatic amines is 1. The molecule has 8 nitrogen and oxygen atoms in total. The Hall–Kier alpha value is -2.42. The maximum Gasteiger partial charge on any atom is 0.330 e. The molecule has 0 atom stereocenters. The number of carbonyl (C=O) groups is 1. The number of aryl methyl sites for hydroxylation is 1. The number of carbonyl (C=O) groups excluding carboxylic acids is 1. The molecule has 2 aromatic heterocycles. The van der Waals surface area contributed by atoms with Crippen molar-refractivity contribution in [3.8, 4) is 0 Å². The summed E-state index contributed by atoms with van der Waals surface area (Å²) in [5.74, 6) is -0.220. The molecular formula is C18H27N5O3S. The van der Waals surface area contributed by atoms with E-state index in [2.05, 4.69) is 9.97 Å². The van der Waals surface area contributed by atoms with Crippen LogP contribution in [0.15, 0.2) is 15.0 Å². The molecule has 0 radical (unpaired) electrons. The van der Waals surface area contributed by atoms with Crippen LogP contribution in [0.4, 0.5) is 11.5 Å². The highest BCUT2D eigenvalue weighted by molar-refractivity contribution is 7.09. The molecule has 0 fully saturated rings. The predicted molar refractivity (Wildman–Crippen MR) is 108 cm³/mol. The number of nitrogens with one attached hydrogen (secondary N) is 1. The van der Waals surface area contributed by atoms with Crippen molar-refractivity contribution in [2.45, 2.75) is 59.4 Å². The van der Waals surface area contributed by atoms with E-state index in [1.807, 2.05) is 26.2 Å². The Balaban J connectivity index is 2.44. The average molecular weight is 394 g/mol. The van der Waals surface area contributed by atoms with Gasteiger partial charge in [-0.3, -0.25) is 19.1 Å². The highest BCUT2D eigenvalue weighted by Crippen LogP contribution is 2.20. The third-order valence-electron chi connectivity index (χ3n) is 4.25. The minimum absolute atomic E-state index is 0.0381. The van der Waals surface area contributed by atoms with Crippen molar-refractivity contribution in [3.05, 3.63) is 36.9 Å². The zero-order chi connectivity index (χ0) is 20.0. The maximum absolute atomic E-state index is 12.9. The van der Waals surface area contributed by atoms with Gasteiger partial charge in [-0.25, -0.2) is 9.78 Å². The Morgan fingerprint density at radius 2 is 2.00 bits per heavy atom. The number of unbranched alkanes of at least 4 members (excludes halogenated alkanes) is 2. The van der Waals surface area contributed by atoms with Crippen LogP contribution < -0.4 is 21.9 Å². The van der Waals surface area contributed by atoms with E-state index in [0.29, 0.717) is 18.8 Å². The third-order valence-corrected chi connectivity index (χ3v) is 5.08. The number of nitrogens with two attached hydrogens (primary N) is 1. The van der Waals surface area contributed by atoms with E-state index < -0.39 is 11.2 Å². The number of amides is 1. The fourth-order valence-corrected chi connectivity index (χ4v) is 3.41. The van der Waals surface area contributed by atoms with Crippen LogP contribution in [0.1, 0.15) is 50.2 Å². The van der Waals surface area contributed by atoms with E-state index in [9.17, 15) is 14.4 Å². The van der Waals surface area contributed by atoms with Crippen LogP contribution in [0.3, 0.4) is 0 Å². The lowest BCUT2D eigenvalue weighted by atomic mass is 10.2. The first-order valence-electron chi connectivity index (χ1n) is 9.22. The zero-order valence-corrected chi connectivity index (χ0v) is 16.9. The molecule has 27 heavy (non-hydrogen) atoms. The van der Waals surface area contributed by atoms with Gasteiger partial charge in [-0.1, -0.05) is 26.7 Å². The Labute approximate surface area is 162 Å². The lowest BCUT2D eigenvalue weighted by Gasteiger charge is -2.24. The van der Waals surface area contributed by atoms with Crippen molar-refractivity contribution in [1.82, 2.24) is 14.5 Å². The van der Waals surface area contributed by atoms with Crippen molar-refractivity contribution in [1.29, 1.82) is 0 Å². The first-order chi connectivity index (χ1) is 12.9. The van der Waals surface area contributed by atoms with Crippen molar-refractivity contribution in [2.24, 2.45) is 0 Å². The normalized spacial score (nSPS) is 10.9. The van der Waals surface area contributed by atoms with Gasteiger partial charge >= 0.3 is 5.69 Å². The van der Waals surface area contributed by atoms with Gasteiger partial charge in [-0.2, -0.15) is 0 Å². The topological polar surface area (TPSA) is 114 Å². The number of nitrogen functional groups attached to an aromatic ring is 1. The quantitative estimate of drug-likeness (QED) is 0.677. The molecule has 0 saturated carbocycles. The van der Waals surface area contributed by atoms with Gasteiger partial charge in [0.1, 0.15) is 5.82 Å². The molecule has 0 aliphatic carbocycles. The van der Waals surface area contributed by atoms with E-state index in [1.165, 1.54) is 20.8 Å². The van der Waals surface area contributed by atoms with Crippen molar-refractivity contribution < 1.29 is 4.79 Å². The van der Waals surface area contributed by atoms with Crippen molar-refractivity contribution in [3.63, 3.8) is 0 Å². The SMILES string of the molecule is CCCCN(C(=O)Cc1csc(C)n1)c1c(N)n(CCCC)c(=O)[nH]c1=O. The van der Waals surface area contributed by atoms with Gasteiger partial charge in [-0.05, 0) is 19.8 Å². The molecule has 9 heteroatoms. The minimum atomic E-state index is -0.635. The average Bonchev–Trinajstić information content (AvgIpc) is 3.02. The smallest absolute Gasteiger partial charge is 0.330 e. The number of hydrogen-bond acceptors (Lipinski definition) is 6. The Morgan fingerprint density at radius 3 is 2.59 bits per heavy atom. The van der Waals surface area contributed by atoms with Gasteiger partial charge in [0.25, 0.3) is 5.56 Å². The maximum atomic E-state index is 12.9. The van der Waals surface area contributed by atoms with Crippen LogP contribution in [0.2, 0.25) is 0 Å². The minimum Gasteiger partial charge on any atom is -0.383 e. The number of nitrogens with zero attached hydrogens (tertiary/aromatic N) is 3. The van der Waals surface area contributed by atoms with E-state index in [0.717, 1.165) is 30.7 Å². The predicted octanol–water partition coefficient (Wildman–Crippen LogP) is 2.06. The van der Waals surface area contributed by atoms with E-state index >= 15 is 0 Å². The summed E-state index contributed by atoms with van der Waals surface area (Å²) in [7, 11) is 0. The van der Waals surface area contributed by atoms with Crippen molar-refractivity contribution >= 4 is 28.7 Å². The fraction of sp³-hybridized carbons (Fsp3) is 0.556. The molecule has 0 saturated heterocycles. The summed E-state index contributed by atoms with van der Waals surface area (Å²) >= 11 is 1.47. The second-order valence-electron chi connectivity index (χ2n) is 6.43. The Kier molecular flexibility index (Phi) is 7.35. The third kappa shape index (κ3) is 5.06.